The van der Waals surface area contributed by atoms with Crippen molar-refractivity contribution < 1.29 is 9.53 Å². The van der Waals surface area contributed by atoms with Gasteiger partial charge in [0.15, 0.2) is 6.61 Å². The van der Waals surface area contributed by atoms with E-state index in [9.17, 15) is 4.79 Å². The van der Waals surface area contributed by atoms with Crippen LogP contribution in [0.5, 0.6) is 0 Å². The monoisotopic (exact) mass is 313 g/mol. The molecule has 4 heteroatoms. The van der Waals surface area contributed by atoms with Gasteiger partial charge >= 0.3 is 0 Å². The zero-order chi connectivity index (χ0) is 15.5. The first kappa shape index (κ1) is 14.9. The summed E-state index contributed by atoms with van der Waals surface area (Å²) in [6.45, 7) is 5.89. The molecule has 0 fully saturated rings. The Morgan fingerprint density at radius 3 is 2.95 bits per heavy atom. The number of anilines is 1. The maximum atomic E-state index is 12.0. The smallest absolute Gasteiger partial charge is 0.262 e. The number of carbonyl (C=O) groups excluding carboxylic acids is 1. The second kappa shape index (κ2) is 6.36. The summed E-state index contributed by atoms with van der Waals surface area (Å²) in [5.41, 5.74) is 3.26. The lowest BCUT2D eigenvalue weighted by Crippen LogP contribution is -2.18. The van der Waals surface area contributed by atoms with Gasteiger partial charge in [-0.2, -0.15) is 0 Å². The van der Waals surface area contributed by atoms with Gasteiger partial charge < -0.3 is 10.1 Å². The topological polar surface area (TPSA) is 38.3 Å². The normalized spacial score (nSPS) is 12.8. The molecule has 1 aromatic heterocycles. The quantitative estimate of drug-likeness (QED) is 0.841. The van der Waals surface area contributed by atoms with Gasteiger partial charge in [-0.3, -0.25) is 4.79 Å². The van der Waals surface area contributed by atoms with Crippen molar-refractivity contribution in [1.29, 1.82) is 0 Å². The zero-order valence-electron chi connectivity index (χ0n) is 12.6. The van der Waals surface area contributed by atoms with Crippen LogP contribution in [0.2, 0.25) is 0 Å². The van der Waals surface area contributed by atoms with Gasteiger partial charge in [-0.1, -0.05) is 24.8 Å². The molecule has 0 bridgehead atoms. The van der Waals surface area contributed by atoms with Crippen LogP contribution in [0, 0.1) is 6.92 Å². The van der Waals surface area contributed by atoms with Crippen LogP contribution in [-0.2, 0) is 22.4 Å². The summed E-state index contributed by atoms with van der Waals surface area (Å²) >= 11 is 1.73. The average molecular weight is 313 g/mol. The minimum Gasteiger partial charge on any atom is -0.483 e. The van der Waals surface area contributed by atoms with Crippen LogP contribution in [0.1, 0.15) is 27.3 Å². The van der Waals surface area contributed by atoms with E-state index in [1.165, 1.54) is 16.9 Å². The second-order valence-electron chi connectivity index (χ2n) is 5.49. The minimum atomic E-state index is -0.167. The molecular weight excluding hydrogens is 294 g/mol. The van der Waals surface area contributed by atoms with E-state index in [1.807, 2.05) is 31.2 Å². The number of hydrogen-bond acceptors (Lipinski definition) is 3. The van der Waals surface area contributed by atoms with Crippen LogP contribution in [0.15, 0.2) is 36.9 Å². The van der Waals surface area contributed by atoms with Gasteiger partial charge in [-0.05, 0) is 49.4 Å². The van der Waals surface area contributed by atoms with Crippen LogP contribution in [0.4, 0.5) is 5.69 Å². The molecule has 0 spiro atoms. The molecule has 1 aliphatic carbocycles. The van der Waals surface area contributed by atoms with E-state index in [4.69, 9.17) is 4.74 Å². The predicted molar refractivity (Wildman–Crippen MR) is 91.1 cm³/mol. The number of rotatable bonds is 5. The molecule has 0 radical (unpaired) electrons. The second-order valence-corrected chi connectivity index (χ2v) is 6.62. The first-order valence-electron chi connectivity index (χ1n) is 7.42. The fourth-order valence-electron chi connectivity index (χ4n) is 2.59. The van der Waals surface area contributed by atoms with E-state index in [0.717, 1.165) is 29.0 Å². The van der Waals surface area contributed by atoms with E-state index in [-0.39, 0.29) is 12.5 Å². The largest absolute Gasteiger partial charge is 0.483 e. The molecule has 1 amide bonds. The molecule has 0 unspecified atom stereocenters. The van der Waals surface area contributed by atoms with E-state index in [2.05, 4.69) is 18.0 Å². The van der Waals surface area contributed by atoms with Gasteiger partial charge in [0.05, 0.1) is 4.88 Å². The lowest BCUT2D eigenvalue weighted by atomic mass is 10.2. The summed E-state index contributed by atoms with van der Waals surface area (Å²) in [5.74, 6) is 0.416. The molecule has 1 aliphatic rings. The van der Waals surface area contributed by atoms with Crippen molar-refractivity contribution in [3.05, 3.63) is 57.8 Å². The number of hydrogen-bond donors (Lipinski definition) is 1. The Balaban J connectivity index is 1.54. The van der Waals surface area contributed by atoms with E-state index in [0.29, 0.717) is 5.76 Å². The number of aryl methyl sites for hydroxylation is 3. The van der Waals surface area contributed by atoms with Crippen LogP contribution in [-0.4, -0.2) is 12.5 Å². The number of nitrogens with one attached hydrogen (secondary N) is 1. The summed E-state index contributed by atoms with van der Waals surface area (Å²) < 4.78 is 5.54. The maximum Gasteiger partial charge on any atom is 0.262 e. The highest BCUT2D eigenvalue weighted by molar-refractivity contribution is 7.13. The molecule has 3 rings (SSSR count). The van der Waals surface area contributed by atoms with Crippen molar-refractivity contribution in [2.24, 2.45) is 0 Å². The highest BCUT2D eigenvalue weighted by atomic mass is 32.1. The van der Waals surface area contributed by atoms with Crippen molar-refractivity contribution >= 4 is 28.7 Å². The molecule has 0 atom stereocenters. The Hall–Kier alpha value is -2.07. The number of amides is 1. The number of benzene rings is 1. The molecule has 1 aromatic carbocycles. The maximum absolute atomic E-state index is 12.0. The third kappa shape index (κ3) is 3.22. The lowest BCUT2D eigenvalue weighted by molar-refractivity contribution is -0.118. The Kier molecular flexibility index (Phi) is 4.29. The Morgan fingerprint density at radius 1 is 1.36 bits per heavy atom. The Bertz CT molecular complexity index is 696. The van der Waals surface area contributed by atoms with Crippen molar-refractivity contribution in [3.63, 3.8) is 0 Å². The molecule has 2 aromatic rings. The molecule has 0 saturated carbocycles. The van der Waals surface area contributed by atoms with Crippen molar-refractivity contribution in [2.75, 3.05) is 11.9 Å². The predicted octanol–water partition coefficient (Wildman–Crippen LogP) is 4.17. The van der Waals surface area contributed by atoms with Gasteiger partial charge in [0.1, 0.15) is 5.76 Å². The number of fused-ring (bicyclic) bond motifs is 1. The van der Waals surface area contributed by atoms with Crippen LogP contribution < -0.4 is 5.32 Å². The summed E-state index contributed by atoms with van der Waals surface area (Å²) in [7, 11) is 0. The molecule has 114 valence electrons. The number of para-hydroxylation sites is 1. The first-order valence-corrected chi connectivity index (χ1v) is 8.24. The van der Waals surface area contributed by atoms with Crippen LogP contribution >= 0.6 is 11.3 Å². The SMILES string of the molecule is C=C(OCC(=O)Nc1ccccc1C)c1cc2c(s1)CCC2. The summed E-state index contributed by atoms with van der Waals surface area (Å²) in [6, 6.07) is 9.83. The first-order chi connectivity index (χ1) is 10.6. The van der Waals surface area contributed by atoms with Gasteiger partial charge in [-0.15, -0.1) is 11.3 Å². The van der Waals surface area contributed by atoms with Crippen molar-refractivity contribution in [3.8, 4) is 0 Å². The fourth-order valence-corrected chi connectivity index (χ4v) is 3.77. The molecule has 1 heterocycles. The molecular formula is C18H19NO2S. The van der Waals surface area contributed by atoms with Gasteiger partial charge in [0.25, 0.3) is 5.91 Å². The van der Waals surface area contributed by atoms with Crippen LogP contribution in [0.3, 0.4) is 0 Å². The third-order valence-corrected chi connectivity index (χ3v) is 5.10. The summed E-state index contributed by atoms with van der Waals surface area (Å²) in [6.07, 6.45) is 3.54. The number of thiophene rings is 1. The van der Waals surface area contributed by atoms with E-state index < -0.39 is 0 Å². The van der Waals surface area contributed by atoms with Crippen molar-refractivity contribution in [2.45, 2.75) is 26.2 Å². The van der Waals surface area contributed by atoms with Crippen molar-refractivity contribution in [1.82, 2.24) is 0 Å². The molecule has 3 nitrogen and oxygen atoms in total. The highest BCUT2D eigenvalue weighted by Gasteiger charge is 2.17. The zero-order valence-corrected chi connectivity index (χ0v) is 13.5. The highest BCUT2D eigenvalue weighted by Crippen LogP contribution is 2.33. The van der Waals surface area contributed by atoms with E-state index in [1.54, 1.807) is 11.3 Å². The number of carbonyl (C=O) groups is 1. The molecule has 1 N–H and O–H groups in total. The Morgan fingerprint density at radius 2 is 2.18 bits per heavy atom. The lowest BCUT2D eigenvalue weighted by Gasteiger charge is -2.10. The molecule has 22 heavy (non-hydrogen) atoms. The number of ether oxygens (including phenoxy) is 1. The third-order valence-electron chi connectivity index (χ3n) is 3.82. The summed E-state index contributed by atoms with van der Waals surface area (Å²) in [4.78, 5) is 14.4. The minimum absolute atomic E-state index is 0.0181. The molecule has 0 saturated heterocycles. The van der Waals surface area contributed by atoms with Gasteiger partial charge in [-0.25, -0.2) is 0 Å². The van der Waals surface area contributed by atoms with Gasteiger partial charge in [0.2, 0.25) is 0 Å². The van der Waals surface area contributed by atoms with Gasteiger partial charge in [0, 0.05) is 10.6 Å². The van der Waals surface area contributed by atoms with E-state index >= 15 is 0 Å². The average Bonchev–Trinajstić information content (AvgIpc) is 3.08. The fraction of sp³-hybridized carbons (Fsp3) is 0.278. The summed E-state index contributed by atoms with van der Waals surface area (Å²) in [5, 5.41) is 2.85. The Labute approximate surface area is 134 Å². The standard InChI is InChI=1S/C18H19NO2S/c1-12-6-3-4-8-15(12)19-18(20)11-21-13(2)17-10-14-7-5-9-16(14)22-17/h3-4,6,8,10H,2,5,7,9,11H2,1H3,(H,19,20). The molecule has 0 aliphatic heterocycles. The van der Waals surface area contributed by atoms with Crippen LogP contribution in [0.25, 0.3) is 5.76 Å².